The molecule has 1 aliphatic rings. The molecule has 20 heavy (non-hydrogen) atoms. The molecule has 2 N–H and O–H groups in total. The Bertz CT molecular complexity index is 413. The highest BCUT2D eigenvalue weighted by Gasteiger charge is 2.18. The van der Waals surface area contributed by atoms with E-state index in [9.17, 15) is 5.11 Å². The zero-order valence-electron chi connectivity index (χ0n) is 12.9. The smallest absolute Gasteiger partial charge is 0.120 e. The van der Waals surface area contributed by atoms with Crippen LogP contribution < -0.4 is 5.32 Å². The Hall–Kier alpha value is -1.06. The van der Waals surface area contributed by atoms with Crippen LogP contribution in [0.1, 0.15) is 43.7 Å². The summed E-state index contributed by atoms with van der Waals surface area (Å²) in [6, 6.07) is 6.51. The molecule has 1 aromatic rings. The minimum Gasteiger partial charge on any atom is -0.508 e. The number of rotatable bonds is 7. The van der Waals surface area contributed by atoms with Crippen molar-refractivity contribution in [3.63, 3.8) is 0 Å². The molecule has 0 aliphatic carbocycles. The third kappa shape index (κ3) is 4.50. The van der Waals surface area contributed by atoms with E-state index >= 15 is 0 Å². The summed E-state index contributed by atoms with van der Waals surface area (Å²) >= 11 is 0. The molecule has 0 bridgehead atoms. The second kappa shape index (κ2) is 7.65. The van der Waals surface area contributed by atoms with Crippen molar-refractivity contribution in [3.05, 3.63) is 29.3 Å². The maximum Gasteiger partial charge on any atom is 0.120 e. The van der Waals surface area contributed by atoms with Crippen LogP contribution in [0.15, 0.2) is 18.2 Å². The maximum atomic E-state index is 10.0. The van der Waals surface area contributed by atoms with Crippen molar-refractivity contribution in [2.45, 2.75) is 52.1 Å². The zero-order chi connectivity index (χ0) is 14.4. The summed E-state index contributed by atoms with van der Waals surface area (Å²) in [7, 11) is 0. The number of hydrogen-bond acceptors (Lipinski definition) is 3. The van der Waals surface area contributed by atoms with E-state index in [4.69, 9.17) is 0 Å². The van der Waals surface area contributed by atoms with E-state index in [0.29, 0.717) is 11.8 Å². The highest BCUT2D eigenvalue weighted by Crippen LogP contribution is 2.21. The lowest BCUT2D eigenvalue weighted by Crippen LogP contribution is -2.37. The molecular formula is C17H28N2O. The highest BCUT2D eigenvalue weighted by atomic mass is 16.3. The van der Waals surface area contributed by atoms with Crippen LogP contribution in [0.25, 0.3) is 0 Å². The lowest BCUT2D eigenvalue weighted by atomic mass is 10.1. The van der Waals surface area contributed by atoms with Crippen molar-refractivity contribution in [2.75, 3.05) is 19.6 Å². The third-order valence-electron chi connectivity index (χ3n) is 4.10. The minimum absolute atomic E-state index is 0.427. The van der Waals surface area contributed by atoms with Crippen molar-refractivity contribution in [2.24, 2.45) is 0 Å². The number of benzene rings is 1. The Morgan fingerprint density at radius 1 is 1.40 bits per heavy atom. The monoisotopic (exact) mass is 276 g/mol. The van der Waals surface area contributed by atoms with Crippen molar-refractivity contribution in [1.82, 2.24) is 10.2 Å². The average molecular weight is 276 g/mol. The largest absolute Gasteiger partial charge is 0.508 e. The fraction of sp³-hybridized carbons (Fsp3) is 0.647. The Morgan fingerprint density at radius 2 is 2.25 bits per heavy atom. The lowest BCUT2D eigenvalue weighted by Gasteiger charge is -2.26. The molecule has 0 amide bonds. The summed E-state index contributed by atoms with van der Waals surface area (Å²) < 4.78 is 0. The van der Waals surface area contributed by atoms with Crippen molar-refractivity contribution >= 4 is 0 Å². The number of phenols is 1. The molecule has 3 heteroatoms. The second-order valence-corrected chi connectivity index (χ2v) is 6.01. The molecule has 2 rings (SSSR count). The molecule has 0 radical (unpaired) electrons. The summed E-state index contributed by atoms with van der Waals surface area (Å²) in [5, 5.41) is 13.6. The Labute approximate surface area is 123 Å². The van der Waals surface area contributed by atoms with E-state index < -0.39 is 0 Å². The third-order valence-corrected chi connectivity index (χ3v) is 4.10. The van der Waals surface area contributed by atoms with E-state index in [2.05, 4.69) is 30.1 Å². The number of hydrogen-bond donors (Lipinski definition) is 2. The molecule has 1 aliphatic heterocycles. The first-order valence-electron chi connectivity index (χ1n) is 7.93. The van der Waals surface area contributed by atoms with Crippen molar-refractivity contribution in [1.29, 1.82) is 0 Å². The minimum atomic E-state index is 0.427. The first kappa shape index (κ1) is 15.3. The van der Waals surface area contributed by atoms with E-state index in [1.54, 1.807) is 0 Å². The number of nitrogens with zero attached hydrogens (tertiary/aromatic N) is 1. The molecular weight excluding hydrogens is 248 g/mol. The molecule has 0 spiro atoms. The van der Waals surface area contributed by atoms with Gasteiger partial charge in [0.05, 0.1) is 0 Å². The van der Waals surface area contributed by atoms with Gasteiger partial charge in [0.25, 0.3) is 0 Å². The fourth-order valence-electron chi connectivity index (χ4n) is 2.92. The number of aromatic hydroxyl groups is 1. The predicted octanol–water partition coefficient (Wildman–Crippen LogP) is 3.05. The van der Waals surface area contributed by atoms with Gasteiger partial charge in [-0.1, -0.05) is 31.0 Å². The fourth-order valence-corrected chi connectivity index (χ4v) is 2.92. The molecule has 1 aromatic carbocycles. The molecule has 1 heterocycles. The molecule has 1 unspecified atom stereocenters. The van der Waals surface area contributed by atoms with Crippen LogP contribution in [0.5, 0.6) is 5.75 Å². The van der Waals surface area contributed by atoms with E-state index in [1.165, 1.54) is 31.2 Å². The van der Waals surface area contributed by atoms with Gasteiger partial charge in [0, 0.05) is 24.7 Å². The van der Waals surface area contributed by atoms with Crippen LogP contribution in [-0.4, -0.2) is 35.7 Å². The molecule has 1 saturated heterocycles. The quantitative estimate of drug-likeness (QED) is 0.803. The average Bonchev–Trinajstić information content (AvgIpc) is 2.93. The Balaban J connectivity index is 1.99. The second-order valence-electron chi connectivity index (χ2n) is 6.01. The van der Waals surface area contributed by atoms with Gasteiger partial charge in [-0.3, -0.25) is 4.90 Å². The normalized spacial score (nSPS) is 18.9. The van der Waals surface area contributed by atoms with Crippen LogP contribution in [0.3, 0.4) is 0 Å². The Morgan fingerprint density at radius 3 is 2.95 bits per heavy atom. The standard InChI is InChI=1S/C17H28N2O/c1-3-4-10-19(13-16-6-5-9-18-16)12-15-11-14(2)7-8-17(15)20/h7-8,11,16,18,20H,3-6,9-10,12-13H2,1-2H3. The number of unbranched alkanes of at least 4 members (excludes halogenated alkanes) is 1. The van der Waals surface area contributed by atoms with Gasteiger partial charge in [-0.15, -0.1) is 0 Å². The van der Waals surface area contributed by atoms with E-state index in [0.717, 1.165) is 31.7 Å². The first-order valence-corrected chi connectivity index (χ1v) is 7.93. The van der Waals surface area contributed by atoms with Crippen LogP contribution >= 0.6 is 0 Å². The molecule has 0 aromatic heterocycles. The van der Waals surface area contributed by atoms with Gasteiger partial charge >= 0.3 is 0 Å². The van der Waals surface area contributed by atoms with Gasteiger partial charge in [0.2, 0.25) is 0 Å². The highest BCUT2D eigenvalue weighted by molar-refractivity contribution is 5.35. The van der Waals surface area contributed by atoms with Crippen molar-refractivity contribution < 1.29 is 5.11 Å². The van der Waals surface area contributed by atoms with Gasteiger partial charge in [-0.05, 0) is 45.3 Å². The maximum absolute atomic E-state index is 10.0. The number of phenolic OH excluding ortho intramolecular Hbond substituents is 1. The number of nitrogens with one attached hydrogen (secondary N) is 1. The van der Waals surface area contributed by atoms with Gasteiger partial charge in [-0.2, -0.15) is 0 Å². The zero-order valence-corrected chi connectivity index (χ0v) is 12.9. The molecule has 112 valence electrons. The summed E-state index contributed by atoms with van der Waals surface area (Å²) in [6.45, 7) is 8.52. The van der Waals surface area contributed by atoms with E-state index in [1.807, 2.05) is 12.1 Å². The van der Waals surface area contributed by atoms with Gasteiger partial charge in [0.1, 0.15) is 5.75 Å². The lowest BCUT2D eigenvalue weighted by molar-refractivity contribution is 0.235. The summed E-state index contributed by atoms with van der Waals surface area (Å²) in [5.74, 6) is 0.427. The van der Waals surface area contributed by atoms with Crippen LogP contribution in [0.4, 0.5) is 0 Å². The first-order chi connectivity index (χ1) is 9.69. The van der Waals surface area contributed by atoms with Crippen LogP contribution in [0.2, 0.25) is 0 Å². The summed E-state index contributed by atoms with van der Waals surface area (Å²) in [4.78, 5) is 2.49. The van der Waals surface area contributed by atoms with Gasteiger partial charge < -0.3 is 10.4 Å². The predicted molar refractivity (Wildman–Crippen MR) is 84.1 cm³/mol. The van der Waals surface area contributed by atoms with Gasteiger partial charge in [-0.25, -0.2) is 0 Å². The van der Waals surface area contributed by atoms with E-state index in [-0.39, 0.29) is 0 Å². The van der Waals surface area contributed by atoms with Crippen LogP contribution in [-0.2, 0) is 6.54 Å². The number of aryl methyl sites for hydroxylation is 1. The van der Waals surface area contributed by atoms with Crippen LogP contribution in [0, 0.1) is 6.92 Å². The SMILES string of the molecule is CCCCN(Cc1cc(C)ccc1O)CC1CCCN1. The summed E-state index contributed by atoms with van der Waals surface area (Å²) in [6.07, 6.45) is 5.01. The molecule has 3 nitrogen and oxygen atoms in total. The topological polar surface area (TPSA) is 35.5 Å². The molecule has 1 atom stereocenters. The Kier molecular flexibility index (Phi) is 5.86. The summed E-state index contributed by atoms with van der Waals surface area (Å²) in [5.41, 5.74) is 2.27. The van der Waals surface area contributed by atoms with Crippen molar-refractivity contribution in [3.8, 4) is 5.75 Å². The molecule has 1 fully saturated rings. The molecule has 0 saturated carbocycles. The van der Waals surface area contributed by atoms with Gasteiger partial charge in [0.15, 0.2) is 0 Å².